The average Bonchev–Trinajstić information content (AvgIpc) is 2.90. The molecule has 37 heavy (non-hydrogen) atoms. The summed E-state index contributed by atoms with van der Waals surface area (Å²) in [6, 6.07) is 25.2. The van der Waals surface area contributed by atoms with Gasteiger partial charge in [-0.2, -0.15) is 0 Å². The Morgan fingerprint density at radius 3 is 1.68 bits per heavy atom. The SMILES string of the molecule is CC(C)c1ccc(C(C)(F)F)cc1.CCC(C)=O.CCCc1ccc(OC)cc1.CCc1ccccc1. The van der Waals surface area contributed by atoms with E-state index < -0.39 is 5.92 Å². The number of Topliss-reactive ketones (excluding diaryl/α,β-unsaturated/α-hetero) is 1. The summed E-state index contributed by atoms with van der Waals surface area (Å²) in [7, 11) is 1.69. The lowest BCUT2D eigenvalue weighted by Gasteiger charge is -2.12. The maximum absolute atomic E-state index is 12.8. The van der Waals surface area contributed by atoms with E-state index in [0.29, 0.717) is 12.3 Å². The van der Waals surface area contributed by atoms with Gasteiger partial charge in [-0.25, -0.2) is 8.78 Å². The molecule has 0 unspecified atom stereocenters. The van der Waals surface area contributed by atoms with Crippen LogP contribution in [0.4, 0.5) is 8.78 Å². The van der Waals surface area contributed by atoms with Crippen molar-refractivity contribution >= 4 is 5.78 Å². The molecule has 0 saturated heterocycles. The third kappa shape index (κ3) is 16.4. The van der Waals surface area contributed by atoms with Gasteiger partial charge in [-0.15, -0.1) is 0 Å². The Morgan fingerprint density at radius 1 is 0.838 bits per heavy atom. The molecule has 0 fully saturated rings. The number of hydrogen-bond donors (Lipinski definition) is 0. The summed E-state index contributed by atoms with van der Waals surface area (Å²) < 4.78 is 30.6. The Kier molecular flexibility index (Phi) is 17.6. The molecule has 0 radical (unpaired) electrons. The van der Waals surface area contributed by atoms with Crippen LogP contribution in [0.1, 0.15) is 89.5 Å². The van der Waals surface area contributed by atoms with Crippen LogP contribution in [0.15, 0.2) is 78.9 Å². The molecule has 0 aliphatic heterocycles. The van der Waals surface area contributed by atoms with E-state index in [0.717, 1.165) is 31.1 Å². The number of hydrogen-bond acceptors (Lipinski definition) is 2. The van der Waals surface area contributed by atoms with Crippen LogP contribution >= 0.6 is 0 Å². The van der Waals surface area contributed by atoms with Crippen LogP contribution in [0.5, 0.6) is 5.75 Å². The summed E-state index contributed by atoms with van der Waals surface area (Å²) in [5, 5.41) is 0. The summed E-state index contributed by atoms with van der Waals surface area (Å²) in [5.41, 5.74) is 3.96. The van der Waals surface area contributed by atoms with Crippen molar-refractivity contribution in [3.05, 3.63) is 101 Å². The summed E-state index contributed by atoms with van der Waals surface area (Å²) >= 11 is 0. The van der Waals surface area contributed by atoms with Crippen molar-refractivity contribution < 1.29 is 18.3 Å². The normalized spacial score (nSPS) is 10.1. The fourth-order valence-electron chi connectivity index (χ4n) is 2.96. The summed E-state index contributed by atoms with van der Waals surface area (Å²) in [6.45, 7) is 12.8. The standard InChI is InChI=1S/C11H14F2.C10H14O.C8H10.C4H8O/c1-8(2)9-4-6-10(7-5-9)11(3,12)13;1-3-4-9-5-7-10(11-2)8-6-9;1-2-8-6-4-3-5-7-8;1-3-4(2)5/h4-8H,1-3H3;5-8H,3-4H2,1-2H3;3-7H,2H2,1H3;3H2,1-2H3. The van der Waals surface area contributed by atoms with Crippen LogP contribution in [-0.4, -0.2) is 12.9 Å². The predicted octanol–water partition coefficient (Wildman–Crippen LogP) is 9.80. The van der Waals surface area contributed by atoms with Crippen molar-refractivity contribution in [3.63, 3.8) is 0 Å². The molecule has 3 rings (SSSR count). The number of methoxy groups -OCH3 is 1. The number of ether oxygens (including phenoxy) is 1. The molecule has 0 aromatic heterocycles. The highest BCUT2D eigenvalue weighted by Gasteiger charge is 2.23. The first kappa shape index (κ1) is 34.0. The molecule has 0 atom stereocenters. The van der Waals surface area contributed by atoms with Gasteiger partial charge in [-0.3, -0.25) is 0 Å². The number of alkyl halides is 2. The van der Waals surface area contributed by atoms with Gasteiger partial charge in [-0.1, -0.05) is 108 Å². The van der Waals surface area contributed by atoms with Gasteiger partial charge in [0.2, 0.25) is 0 Å². The second-order valence-electron chi connectivity index (χ2n) is 9.16. The van der Waals surface area contributed by atoms with Crippen LogP contribution in [0, 0.1) is 0 Å². The second-order valence-corrected chi connectivity index (χ2v) is 9.16. The van der Waals surface area contributed by atoms with E-state index in [4.69, 9.17) is 4.74 Å². The molecule has 204 valence electrons. The highest BCUT2D eigenvalue weighted by atomic mass is 19.3. The Balaban J connectivity index is 0.000000492. The van der Waals surface area contributed by atoms with Gasteiger partial charge in [-0.05, 0) is 54.5 Å². The van der Waals surface area contributed by atoms with Gasteiger partial charge in [0.05, 0.1) is 7.11 Å². The first-order valence-corrected chi connectivity index (χ1v) is 13.1. The molecular formula is C33H46F2O2. The van der Waals surface area contributed by atoms with E-state index >= 15 is 0 Å². The average molecular weight is 513 g/mol. The van der Waals surface area contributed by atoms with Gasteiger partial charge >= 0.3 is 0 Å². The monoisotopic (exact) mass is 512 g/mol. The van der Waals surface area contributed by atoms with E-state index in [1.54, 1.807) is 26.2 Å². The van der Waals surface area contributed by atoms with E-state index in [1.807, 2.05) is 39.0 Å². The molecule has 2 nitrogen and oxygen atoms in total. The number of halogens is 2. The van der Waals surface area contributed by atoms with Gasteiger partial charge in [0, 0.05) is 18.9 Å². The lowest BCUT2D eigenvalue weighted by Crippen LogP contribution is -2.06. The smallest absolute Gasteiger partial charge is 0.270 e. The van der Waals surface area contributed by atoms with Gasteiger partial charge in [0.15, 0.2) is 0 Å². The minimum atomic E-state index is -2.73. The number of aryl methyl sites for hydroxylation is 2. The van der Waals surface area contributed by atoms with Gasteiger partial charge < -0.3 is 9.53 Å². The summed E-state index contributed by atoms with van der Waals surface area (Å²) in [5.74, 6) is -1.15. The first-order chi connectivity index (χ1) is 17.5. The maximum Gasteiger partial charge on any atom is 0.270 e. The zero-order valence-corrected chi connectivity index (χ0v) is 24.0. The number of rotatable bonds is 7. The molecule has 0 saturated carbocycles. The van der Waals surface area contributed by atoms with Crippen molar-refractivity contribution in [1.29, 1.82) is 0 Å². The van der Waals surface area contributed by atoms with Gasteiger partial charge in [0.1, 0.15) is 11.5 Å². The van der Waals surface area contributed by atoms with Crippen molar-refractivity contribution in [1.82, 2.24) is 0 Å². The fourth-order valence-corrected chi connectivity index (χ4v) is 2.96. The zero-order valence-electron chi connectivity index (χ0n) is 24.0. The highest BCUT2D eigenvalue weighted by molar-refractivity contribution is 5.74. The lowest BCUT2D eigenvalue weighted by molar-refractivity contribution is -0.116. The molecule has 0 aliphatic carbocycles. The van der Waals surface area contributed by atoms with Crippen molar-refractivity contribution in [2.24, 2.45) is 0 Å². The highest BCUT2D eigenvalue weighted by Crippen LogP contribution is 2.27. The zero-order chi connectivity index (χ0) is 28.3. The fraction of sp³-hybridized carbons (Fsp3) is 0.424. The lowest BCUT2D eigenvalue weighted by atomic mass is 10.0. The molecule has 0 aliphatic rings. The number of ketones is 1. The molecule has 0 spiro atoms. The van der Waals surface area contributed by atoms with E-state index in [9.17, 15) is 13.6 Å². The minimum Gasteiger partial charge on any atom is -0.497 e. The van der Waals surface area contributed by atoms with Gasteiger partial charge in [0.25, 0.3) is 5.92 Å². The molecule has 0 N–H and O–H groups in total. The number of carbonyl (C=O) groups excluding carboxylic acids is 1. The molecule has 4 heteroatoms. The molecule has 0 amide bonds. The van der Waals surface area contributed by atoms with E-state index in [2.05, 4.69) is 50.2 Å². The largest absolute Gasteiger partial charge is 0.497 e. The van der Waals surface area contributed by atoms with Crippen LogP contribution in [0.3, 0.4) is 0 Å². The Hall–Kier alpha value is -3.01. The maximum atomic E-state index is 12.8. The molecule has 3 aromatic rings. The topological polar surface area (TPSA) is 26.3 Å². The Bertz CT molecular complexity index is 958. The minimum absolute atomic E-state index is 0.0805. The van der Waals surface area contributed by atoms with Crippen LogP contribution in [0.25, 0.3) is 0 Å². The van der Waals surface area contributed by atoms with Crippen LogP contribution in [-0.2, 0) is 23.6 Å². The second kappa shape index (κ2) is 19.1. The molecular weight excluding hydrogens is 466 g/mol. The summed E-state index contributed by atoms with van der Waals surface area (Å²) in [6.07, 6.45) is 4.16. The molecule has 3 aromatic carbocycles. The molecule has 0 bridgehead atoms. The third-order valence-electron chi connectivity index (χ3n) is 5.53. The van der Waals surface area contributed by atoms with Crippen molar-refractivity contribution in [2.45, 2.75) is 86.0 Å². The number of carbonyl (C=O) groups is 1. The summed E-state index contributed by atoms with van der Waals surface area (Å²) in [4.78, 5) is 9.81. The van der Waals surface area contributed by atoms with Crippen LogP contribution in [0.2, 0.25) is 0 Å². The predicted molar refractivity (Wildman–Crippen MR) is 154 cm³/mol. The van der Waals surface area contributed by atoms with Crippen LogP contribution < -0.4 is 4.74 Å². The Labute approximate surface area is 224 Å². The quantitative estimate of drug-likeness (QED) is 0.315. The number of benzene rings is 3. The van der Waals surface area contributed by atoms with Crippen molar-refractivity contribution in [2.75, 3.05) is 7.11 Å². The van der Waals surface area contributed by atoms with E-state index in [-0.39, 0.29) is 11.3 Å². The van der Waals surface area contributed by atoms with E-state index in [1.165, 1.54) is 29.7 Å². The third-order valence-corrected chi connectivity index (χ3v) is 5.53. The molecule has 0 heterocycles. The first-order valence-electron chi connectivity index (χ1n) is 13.1. The van der Waals surface area contributed by atoms with Crippen molar-refractivity contribution in [3.8, 4) is 5.75 Å². The Morgan fingerprint density at radius 2 is 1.35 bits per heavy atom.